The van der Waals surface area contributed by atoms with Crippen LogP contribution in [0.25, 0.3) is 0 Å². The fourth-order valence-electron chi connectivity index (χ4n) is 2.97. The van der Waals surface area contributed by atoms with E-state index in [1.54, 1.807) is 32.9 Å². The summed E-state index contributed by atoms with van der Waals surface area (Å²) in [7, 11) is 0. The fraction of sp³-hybridized carbons (Fsp3) is 0.545. The van der Waals surface area contributed by atoms with E-state index in [4.69, 9.17) is 9.47 Å². The molecular weight excluding hydrogens is 388 g/mol. The van der Waals surface area contributed by atoms with Crippen LogP contribution in [0.5, 0.6) is 5.75 Å². The molecule has 0 aromatic heterocycles. The molecule has 0 spiro atoms. The first-order chi connectivity index (χ1) is 13.6. The van der Waals surface area contributed by atoms with Crippen molar-refractivity contribution in [1.29, 1.82) is 0 Å². The average Bonchev–Trinajstić information content (AvgIpc) is 2.78. The zero-order chi connectivity index (χ0) is 23.0. The third kappa shape index (κ3) is 4.80. The van der Waals surface area contributed by atoms with Gasteiger partial charge in [0.05, 0.1) is 11.8 Å². The number of imide groups is 1. The monoisotopic (exact) mass is 418 g/mol. The molecule has 1 fully saturated rings. The number of carbonyl (C=O) groups excluding carboxylic acids is 4. The first-order valence-corrected chi connectivity index (χ1v) is 9.84. The molecule has 30 heavy (non-hydrogen) atoms. The molecule has 3 amide bonds. The number of rotatable bonds is 6. The molecule has 1 aliphatic rings. The molecule has 1 aliphatic heterocycles. The number of aryl methyl sites for hydroxylation is 1. The SMILES string of the molecule is Cc1ccc(OC(C)C)c(NC(=O)C(C(=O)C(C)(C)C)N2C(=O)OC(C)(C)C2=O)c1. The molecule has 0 radical (unpaired) electrons. The first kappa shape index (κ1) is 23.4. The quantitative estimate of drug-likeness (QED) is 0.710. The van der Waals surface area contributed by atoms with E-state index in [0.717, 1.165) is 5.56 Å². The summed E-state index contributed by atoms with van der Waals surface area (Å²) in [4.78, 5) is 52.2. The maximum atomic E-state index is 13.3. The number of Topliss-reactive ketones (excluding diaryl/α,β-unsaturated/α-hetero) is 1. The number of benzene rings is 1. The summed E-state index contributed by atoms with van der Waals surface area (Å²) >= 11 is 0. The lowest BCUT2D eigenvalue weighted by atomic mass is 9.85. The van der Waals surface area contributed by atoms with Gasteiger partial charge in [-0.1, -0.05) is 26.8 Å². The normalized spacial score (nSPS) is 17.0. The van der Waals surface area contributed by atoms with Gasteiger partial charge >= 0.3 is 6.09 Å². The lowest BCUT2D eigenvalue weighted by Gasteiger charge is -2.28. The summed E-state index contributed by atoms with van der Waals surface area (Å²) < 4.78 is 10.8. The predicted molar refractivity (Wildman–Crippen MR) is 111 cm³/mol. The highest BCUT2D eigenvalue weighted by Crippen LogP contribution is 2.31. The summed E-state index contributed by atoms with van der Waals surface area (Å²) in [5, 5.41) is 2.67. The smallest absolute Gasteiger partial charge is 0.418 e. The van der Waals surface area contributed by atoms with Crippen molar-refractivity contribution in [2.45, 2.75) is 73.1 Å². The molecule has 0 aliphatic carbocycles. The van der Waals surface area contributed by atoms with E-state index in [2.05, 4.69) is 5.32 Å². The predicted octanol–water partition coefficient (Wildman–Crippen LogP) is 3.46. The zero-order valence-corrected chi connectivity index (χ0v) is 18.8. The van der Waals surface area contributed by atoms with E-state index in [9.17, 15) is 19.2 Å². The van der Waals surface area contributed by atoms with E-state index in [1.807, 2.05) is 26.8 Å². The van der Waals surface area contributed by atoms with Gasteiger partial charge in [-0.25, -0.2) is 9.69 Å². The molecule has 8 heteroatoms. The molecule has 0 saturated carbocycles. The van der Waals surface area contributed by atoms with Gasteiger partial charge in [0.25, 0.3) is 11.8 Å². The van der Waals surface area contributed by atoms with Gasteiger partial charge in [-0.3, -0.25) is 14.4 Å². The Bertz CT molecular complexity index is 882. The summed E-state index contributed by atoms with van der Waals surface area (Å²) in [6.45, 7) is 13.2. The second kappa shape index (κ2) is 8.08. The Morgan fingerprint density at radius 1 is 1.17 bits per heavy atom. The Morgan fingerprint density at radius 2 is 1.77 bits per heavy atom. The minimum atomic E-state index is -1.67. The van der Waals surface area contributed by atoms with Gasteiger partial charge < -0.3 is 14.8 Å². The summed E-state index contributed by atoms with van der Waals surface area (Å²) in [5.74, 6) is -1.71. The Morgan fingerprint density at radius 3 is 2.23 bits per heavy atom. The molecule has 1 saturated heterocycles. The van der Waals surface area contributed by atoms with Crippen molar-refractivity contribution < 1.29 is 28.7 Å². The van der Waals surface area contributed by atoms with Crippen molar-refractivity contribution in [3.05, 3.63) is 23.8 Å². The third-order valence-corrected chi connectivity index (χ3v) is 4.52. The second-order valence-corrected chi connectivity index (χ2v) is 9.23. The maximum Gasteiger partial charge on any atom is 0.418 e. The topological polar surface area (TPSA) is 102 Å². The van der Waals surface area contributed by atoms with Crippen LogP contribution in [0.2, 0.25) is 0 Å². The van der Waals surface area contributed by atoms with Crippen molar-refractivity contribution in [3.8, 4) is 5.75 Å². The Kier molecular flexibility index (Phi) is 6.30. The molecule has 1 N–H and O–H groups in total. The third-order valence-electron chi connectivity index (χ3n) is 4.52. The highest BCUT2D eigenvalue weighted by Gasteiger charge is 2.55. The van der Waals surface area contributed by atoms with Crippen LogP contribution in [-0.2, 0) is 19.1 Å². The van der Waals surface area contributed by atoms with Gasteiger partial charge in [0.15, 0.2) is 17.4 Å². The lowest BCUT2D eigenvalue weighted by Crippen LogP contribution is -2.55. The minimum absolute atomic E-state index is 0.147. The Balaban J connectivity index is 2.47. The van der Waals surface area contributed by atoms with Gasteiger partial charge in [0, 0.05) is 5.41 Å². The molecular formula is C22H30N2O6. The molecule has 1 unspecified atom stereocenters. The van der Waals surface area contributed by atoms with Crippen molar-refractivity contribution >= 4 is 29.4 Å². The van der Waals surface area contributed by atoms with E-state index in [-0.39, 0.29) is 6.10 Å². The Labute approximate surface area is 176 Å². The number of hydrogen-bond acceptors (Lipinski definition) is 6. The van der Waals surface area contributed by atoms with E-state index in [1.165, 1.54) is 13.8 Å². The molecule has 1 heterocycles. The van der Waals surface area contributed by atoms with Gasteiger partial charge in [-0.15, -0.1) is 0 Å². The number of cyclic esters (lactones) is 1. The fourth-order valence-corrected chi connectivity index (χ4v) is 2.97. The number of ketones is 1. The van der Waals surface area contributed by atoms with Crippen LogP contribution in [0.3, 0.4) is 0 Å². The van der Waals surface area contributed by atoms with Gasteiger partial charge in [0.2, 0.25) is 0 Å². The van der Waals surface area contributed by atoms with Crippen LogP contribution in [-0.4, -0.2) is 46.3 Å². The molecule has 1 aromatic carbocycles. The van der Waals surface area contributed by atoms with Crippen LogP contribution in [0.4, 0.5) is 10.5 Å². The van der Waals surface area contributed by atoms with Gasteiger partial charge in [-0.2, -0.15) is 0 Å². The highest BCUT2D eigenvalue weighted by atomic mass is 16.6. The molecule has 1 atom stereocenters. The standard InChI is InChI=1S/C22H30N2O6/c1-12(2)29-15-10-9-13(3)11-14(15)23-18(26)16(17(25)21(4,5)6)24-19(27)22(7,8)30-20(24)28/h9-12,16H,1-8H3,(H,23,26). The lowest BCUT2D eigenvalue weighted by molar-refractivity contribution is -0.145. The number of ether oxygens (including phenoxy) is 2. The summed E-state index contributed by atoms with van der Waals surface area (Å²) in [6, 6.07) is 3.57. The number of carbonyl (C=O) groups is 4. The van der Waals surface area contributed by atoms with Crippen molar-refractivity contribution in [2.24, 2.45) is 5.41 Å². The number of nitrogens with zero attached hydrogens (tertiary/aromatic N) is 1. The van der Waals surface area contributed by atoms with Gasteiger partial charge in [0.1, 0.15) is 5.75 Å². The van der Waals surface area contributed by atoms with Crippen LogP contribution in [0.1, 0.15) is 54.0 Å². The molecule has 1 aromatic rings. The zero-order valence-electron chi connectivity index (χ0n) is 18.8. The van der Waals surface area contributed by atoms with Crippen LogP contribution in [0, 0.1) is 12.3 Å². The van der Waals surface area contributed by atoms with Crippen LogP contribution in [0.15, 0.2) is 18.2 Å². The second-order valence-electron chi connectivity index (χ2n) is 9.23. The maximum absolute atomic E-state index is 13.3. The van der Waals surface area contributed by atoms with Crippen LogP contribution < -0.4 is 10.1 Å². The molecule has 8 nitrogen and oxygen atoms in total. The number of anilines is 1. The van der Waals surface area contributed by atoms with E-state index >= 15 is 0 Å². The summed E-state index contributed by atoms with van der Waals surface area (Å²) in [5.41, 5.74) is -1.24. The largest absolute Gasteiger partial charge is 0.489 e. The average molecular weight is 418 g/mol. The van der Waals surface area contributed by atoms with Crippen molar-refractivity contribution in [1.82, 2.24) is 4.90 Å². The van der Waals surface area contributed by atoms with Crippen LogP contribution >= 0.6 is 0 Å². The van der Waals surface area contributed by atoms with E-state index in [0.29, 0.717) is 16.3 Å². The minimum Gasteiger partial charge on any atom is -0.489 e. The van der Waals surface area contributed by atoms with Gasteiger partial charge in [-0.05, 0) is 52.3 Å². The Hall–Kier alpha value is -2.90. The molecule has 2 rings (SSSR count). The number of amides is 3. The van der Waals surface area contributed by atoms with Crippen molar-refractivity contribution in [3.63, 3.8) is 0 Å². The first-order valence-electron chi connectivity index (χ1n) is 9.84. The number of nitrogens with one attached hydrogen (secondary N) is 1. The van der Waals surface area contributed by atoms with Crippen molar-refractivity contribution in [2.75, 3.05) is 5.32 Å². The molecule has 0 bridgehead atoms. The number of hydrogen-bond donors (Lipinski definition) is 1. The highest BCUT2D eigenvalue weighted by molar-refractivity contribution is 6.19. The summed E-state index contributed by atoms with van der Waals surface area (Å²) in [6.07, 6.45) is -1.17. The molecule has 164 valence electrons. The van der Waals surface area contributed by atoms with E-state index < -0.39 is 40.7 Å².